The summed E-state index contributed by atoms with van der Waals surface area (Å²) < 4.78 is 111. The van der Waals surface area contributed by atoms with Crippen molar-refractivity contribution in [2.24, 2.45) is 20.5 Å². The quantitative estimate of drug-likeness (QED) is 0.0351. The van der Waals surface area contributed by atoms with Gasteiger partial charge in [0.15, 0.2) is 5.75 Å². The third kappa shape index (κ3) is 10.7. The van der Waals surface area contributed by atoms with Gasteiger partial charge in [-0.25, -0.2) is 13.1 Å². The third-order valence-corrected chi connectivity index (χ3v) is 10.4. The van der Waals surface area contributed by atoms with Crippen molar-refractivity contribution in [3.63, 3.8) is 0 Å². The van der Waals surface area contributed by atoms with E-state index in [1.165, 1.54) is 43.5 Å². The number of nitrogens with two attached hydrogens (primary N) is 1. The molecule has 0 spiro atoms. The number of ether oxygens (including phenoxy) is 3. The van der Waals surface area contributed by atoms with Crippen molar-refractivity contribution in [2.75, 3.05) is 52.4 Å². The summed E-state index contributed by atoms with van der Waals surface area (Å²) in [6.07, 6.45) is 0.434. The predicted octanol–water partition coefficient (Wildman–Crippen LogP) is 4.46. The molecule has 0 radical (unpaired) electrons. The average Bonchev–Trinajstić information content (AvgIpc) is 3.09. The normalized spacial score (nSPS) is 12.7. The van der Waals surface area contributed by atoms with Crippen molar-refractivity contribution in [2.45, 2.75) is 28.0 Å². The number of rotatable bonds is 18. The Labute approximate surface area is 304 Å². The zero-order valence-electron chi connectivity index (χ0n) is 28.2. The lowest BCUT2D eigenvalue weighted by Crippen LogP contribution is -2.25. The molecule has 0 aliphatic heterocycles. The van der Waals surface area contributed by atoms with Crippen LogP contribution < -0.4 is 15.2 Å². The molecule has 0 fully saturated rings. The first-order valence-corrected chi connectivity index (χ1v) is 19.7. The highest BCUT2D eigenvalue weighted by Gasteiger charge is 2.25. The maximum Gasteiger partial charge on any atom is 0.296 e. The van der Waals surface area contributed by atoms with E-state index in [1.54, 1.807) is 6.92 Å². The van der Waals surface area contributed by atoms with Gasteiger partial charge in [-0.15, -0.1) is 10.2 Å². The molecule has 286 valence electrons. The number of aliphatic hydroxyl groups is 1. The van der Waals surface area contributed by atoms with Crippen molar-refractivity contribution >= 4 is 69.5 Å². The molecule has 0 aliphatic carbocycles. The zero-order chi connectivity index (χ0) is 39.0. The minimum absolute atomic E-state index is 0.0162. The molecular formula is C31H36N6O13S3. The first-order chi connectivity index (χ1) is 25.0. The van der Waals surface area contributed by atoms with Crippen LogP contribution in [-0.2, 0) is 39.7 Å². The number of azo groups is 2. The van der Waals surface area contributed by atoms with Gasteiger partial charge in [-0.3, -0.25) is 9.11 Å². The smallest absolute Gasteiger partial charge is 0.296 e. The molecule has 7 N–H and O–H groups in total. The van der Waals surface area contributed by atoms with Gasteiger partial charge in [-0.05, 0) is 72.8 Å². The molecule has 22 heteroatoms. The van der Waals surface area contributed by atoms with Gasteiger partial charge in [0.2, 0.25) is 10.0 Å². The number of aliphatic hydroxyl groups excluding tert-OH is 1. The minimum Gasteiger partial charge on any atom is -0.505 e. The van der Waals surface area contributed by atoms with Gasteiger partial charge in [0.05, 0.1) is 54.7 Å². The van der Waals surface area contributed by atoms with Gasteiger partial charge < -0.3 is 30.2 Å². The Morgan fingerprint density at radius 1 is 0.774 bits per heavy atom. The fraction of sp³-hybridized carbons (Fsp3) is 0.290. The Bertz CT molecular complexity index is 2350. The van der Waals surface area contributed by atoms with Crippen LogP contribution >= 0.6 is 0 Å². The molecule has 0 amide bonds. The highest BCUT2D eigenvalue weighted by Crippen LogP contribution is 2.45. The lowest BCUT2D eigenvalue weighted by atomic mass is 10.1. The van der Waals surface area contributed by atoms with E-state index in [0.29, 0.717) is 43.2 Å². The number of phenolic OH excluding ortho intramolecular Hbond substituents is 1. The van der Waals surface area contributed by atoms with Crippen LogP contribution in [-0.4, -0.2) is 91.3 Å². The van der Waals surface area contributed by atoms with Crippen molar-refractivity contribution in [3.05, 3.63) is 60.2 Å². The Morgan fingerprint density at radius 3 is 2.06 bits per heavy atom. The van der Waals surface area contributed by atoms with E-state index in [1.807, 2.05) is 0 Å². The second-order valence-electron chi connectivity index (χ2n) is 11.0. The van der Waals surface area contributed by atoms with E-state index in [2.05, 4.69) is 25.2 Å². The highest BCUT2D eigenvalue weighted by molar-refractivity contribution is 7.89. The fourth-order valence-electron chi connectivity index (χ4n) is 4.70. The molecule has 0 aromatic heterocycles. The van der Waals surface area contributed by atoms with Crippen LogP contribution in [0.1, 0.15) is 12.0 Å². The molecule has 0 saturated carbocycles. The number of hydrogen-bond acceptors (Lipinski definition) is 16. The molecule has 4 aromatic carbocycles. The number of hydrogen-bond donors (Lipinski definition) is 6. The van der Waals surface area contributed by atoms with Gasteiger partial charge in [0.25, 0.3) is 20.2 Å². The molecule has 19 nitrogen and oxygen atoms in total. The van der Waals surface area contributed by atoms with Crippen molar-refractivity contribution in [1.29, 1.82) is 0 Å². The number of nitrogens with one attached hydrogen (secondary N) is 1. The predicted molar refractivity (Wildman–Crippen MR) is 191 cm³/mol. The topological polar surface area (TPSA) is 299 Å². The van der Waals surface area contributed by atoms with Crippen LogP contribution in [0.25, 0.3) is 10.8 Å². The van der Waals surface area contributed by atoms with E-state index in [4.69, 9.17) is 25.1 Å². The third-order valence-electron chi connectivity index (χ3n) is 7.27. The van der Waals surface area contributed by atoms with Crippen LogP contribution in [0.3, 0.4) is 0 Å². The van der Waals surface area contributed by atoms with Gasteiger partial charge in [0, 0.05) is 30.3 Å². The van der Waals surface area contributed by atoms with E-state index in [9.17, 15) is 39.5 Å². The maximum absolute atomic E-state index is 12.7. The number of sulfonamides is 1. The molecule has 0 heterocycles. The molecule has 4 aromatic rings. The van der Waals surface area contributed by atoms with Crippen LogP contribution in [0.15, 0.2) is 89.7 Å². The first kappa shape index (κ1) is 41.1. The number of methoxy groups -OCH3 is 1. The van der Waals surface area contributed by atoms with Crippen molar-refractivity contribution < 1.29 is 58.8 Å². The Balaban J connectivity index is 1.52. The molecule has 0 aliphatic rings. The molecule has 0 bridgehead atoms. The van der Waals surface area contributed by atoms with Gasteiger partial charge in [-0.2, -0.15) is 27.1 Å². The molecule has 4 rings (SSSR count). The second-order valence-corrected chi connectivity index (χ2v) is 15.6. The summed E-state index contributed by atoms with van der Waals surface area (Å²) in [5.74, 6) is -0.760. The van der Waals surface area contributed by atoms with E-state index < -0.39 is 51.5 Å². The number of nitrogens with zero attached hydrogens (tertiary/aromatic N) is 4. The van der Waals surface area contributed by atoms with Crippen LogP contribution in [0.4, 0.5) is 28.4 Å². The largest absolute Gasteiger partial charge is 0.505 e. The molecule has 53 heavy (non-hydrogen) atoms. The number of aromatic hydroxyl groups is 1. The van der Waals surface area contributed by atoms with E-state index in [0.717, 1.165) is 18.2 Å². The number of fused-ring (bicyclic) bond motifs is 1. The van der Waals surface area contributed by atoms with Crippen molar-refractivity contribution in [3.8, 4) is 11.5 Å². The summed E-state index contributed by atoms with van der Waals surface area (Å²) >= 11 is 0. The fourth-order valence-corrected chi connectivity index (χ4v) is 6.99. The second kappa shape index (κ2) is 17.5. The van der Waals surface area contributed by atoms with Crippen LogP contribution in [0.2, 0.25) is 0 Å². The monoisotopic (exact) mass is 796 g/mol. The lowest BCUT2D eigenvalue weighted by molar-refractivity contribution is 0.0328. The van der Waals surface area contributed by atoms with Gasteiger partial charge in [0.1, 0.15) is 22.0 Å². The summed E-state index contributed by atoms with van der Waals surface area (Å²) in [5.41, 5.74) is 6.02. The zero-order valence-corrected chi connectivity index (χ0v) is 30.6. The lowest BCUT2D eigenvalue weighted by Gasteiger charge is -2.12. The average molecular weight is 797 g/mol. The van der Waals surface area contributed by atoms with Gasteiger partial charge in [-0.1, -0.05) is 0 Å². The summed E-state index contributed by atoms with van der Waals surface area (Å²) in [7, 11) is -12.3. The Hall–Kier alpha value is -4.65. The number of aryl methyl sites for hydroxylation is 1. The molecule has 0 atom stereocenters. The molecule has 0 saturated heterocycles. The van der Waals surface area contributed by atoms with E-state index >= 15 is 0 Å². The van der Waals surface area contributed by atoms with Crippen LogP contribution in [0.5, 0.6) is 11.5 Å². The number of anilines is 1. The number of nitrogen functional groups attached to an aromatic ring is 1. The summed E-state index contributed by atoms with van der Waals surface area (Å²) in [4.78, 5) is -1.60. The van der Waals surface area contributed by atoms with Crippen molar-refractivity contribution in [1.82, 2.24) is 4.72 Å². The Kier molecular flexibility index (Phi) is 13.5. The molecular weight excluding hydrogens is 761 g/mol. The summed E-state index contributed by atoms with van der Waals surface area (Å²) in [6, 6.07) is 11.1. The first-order valence-electron chi connectivity index (χ1n) is 15.4. The van der Waals surface area contributed by atoms with Gasteiger partial charge >= 0.3 is 0 Å². The molecule has 0 unspecified atom stereocenters. The Morgan fingerprint density at radius 2 is 1.43 bits per heavy atom. The van der Waals surface area contributed by atoms with E-state index in [-0.39, 0.29) is 52.6 Å². The minimum atomic E-state index is -5.07. The summed E-state index contributed by atoms with van der Waals surface area (Å²) in [5, 5.41) is 35.4. The number of benzene rings is 4. The standard InChI is InChI=1S/C31H36N6O13S3/c1-19-14-26(36-37-30-28(53(45,46)47)16-20-15-23(52(42,43)44)17-24(32)29(20)31(30)39)27(48-2)18-25(19)35-34-21-4-6-22(7-5-21)51(40,41)33-8-3-10-49-12-13-50-11-9-38/h4-7,14-18,33,38-39H,3,8-13,32H2,1-2H3,(H,42,43,44)(H,45,46,47). The SMILES string of the molecule is COc1cc(N=Nc2ccc(S(=O)(=O)NCCCOCCOCCO)cc2)c(C)cc1N=Nc1c(S(=O)(=O)O)cc2cc(S(=O)(=O)O)cc(N)c2c1O. The summed E-state index contributed by atoms with van der Waals surface area (Å²) in [6.45, 7) is 2.92. The maximum atomic E-state index is 12.7. The highest BCUT2D eigenvalue weighted by atomic mass is 32.2. The number of phenols is 1. The van der Waals surface area contributed by atoms with Crippen LogP contribution in [0, 0.1) is 6.92 Å².